The Balaban J connectivity index is 0.921. The van der Waals surface area contributed by atoms with Crippen LogP contribution in [0.15, 0.2) is 199 Å². The average molecular weight is 809 g/mol. The molecule has 0 bridgehead atoms. The van der Waals surface area contributed by atoms with E-state index in [-0.39, 0.29) is 0 Å². The number of para-hydroxylation sites is 1. The number of benzene rings is 11. The monoisotopic (exact) mass is 808 g/mol. The molecule has 0 radical (unpaired) electrons. The quantitative estimate of drug-likeness (QED) is 0.162. The highest BCUT2D eigenvalue weighted by atomic mass is 32.1. The molecule has 0 aliphatic carbocycles. The van der Waals surface area contributed by atoms with Crippen LogP contribution >= 0.6 is 22.7 Å². The highest BCUT2D eigenvalue weighted by molar-refractivity contribution is 7.26. The fourth-order valence-corrected chi connectivity index (χ4v) is 12.6. The molecule has 3 heteroatoms. The Morgan fingerprint density at radius 3 is 1.66 bits per heavy atom. The Morgan fingerprint density at radius 2 is 0.852 bits per heavy atom. The Labute approximate surface area is 357 Å². The van der Waals surface area contributed by atoms with Crippen LogP contribution in [0.5, 0.6) is 0 Å². The van der Waals surface area contributed by atoms with Gasteiger partial charge in [-0.3, -0.25) is 0 Å². The van der Waals surface area contributed by atoms with Crippen LogP contribution in [0.2, 0.25) is 0 Å². The normalized spacial score (nSPS) is 12.3. The average Bonchev–Trinajstić information content (AvgIpc) is 3.99. The molecule has 11 aromatic carbocycles. The molecule has 0 aliphatic rings. The van der Waals surface area contributed by atoms with E-state index in [0.29, 0.717) is 0 Å². The summed E-state index contributed by atoms with van der Waals surface area (Å²) in [7, 11) is 0. The summed E-state index contributed by atoms with van der Waals surface area (Å²) in [6.45, 7) is 0. The van der Waals surface area contributed by atoms with Crippen molar-refractivity contribution in [1.29, 1.82) is 0 Å². The van der Waals surface area contributed by atoms with Crippen LogP contribution in [0.3, 0.4) is 0 Å². The minimum atomic E-state index is 0.940. The lowest BCUT2D eigenvalue weighted by Crippen LogP contribution is -1.91. The van der Waals surface area contributed by atoms with Crippen LogP contribution in [0.1, 0.15) is 0 Å². The molecular formula is C58H32OS2. The molecule has 0 saturated carbocycles. The zero-order valence-electron chi connectivity index (χ0n) is 32.7. The van der Waals surface area contributed by atoms with Gasteiger partial charge in [-0.15, -0.1) is 22.7 Å². The molecule has 0 unspecified atom stereocenters. The molecule has 3 heterocycles. The molecule has 1 nitrogen and oxygen atoms in total. The first-order chi connectivity index (χ1) is 30.2. The zero-order chi connectivity index (χ0) is 39.8. The lowest BCUT2D eigenvalue weighted by atomic mass is 9.85. The first-order valence-electron chi connectivity index (χ1n) is 20.8. The minimum absolute atomic E-state index is 0.940. The smallest absolute Gasteiger partial charge is 0.136 e. The lowest BCUT2D eigenvalue weighted by Gasteiger charge is -2.18. The van der Waals surface area contributed by atoms with Gasteiger partial charge in [0, 0.05) is 51.1 Å². The number of fused-ring (bicyclic) bond motifs is 13. The summed E-state index contributed by atoms with van der Waals surface area (Å²) in [4.78, 5) is 0. The van der Waals surface area contributed by atoms with E-state index in [4.69, 9.17) is 4.42 Å². The maximum atomic E-state index is 6.32. The van der Waals surface area contributed by atoms with E-state index in [2.05, 4.69) is 188 Å². The van der Waals surface area contributed by atoms with Gasteiger partial charge in [-0.2, -0.15) is 0 Å². The molecule has 0 fully saturated rings. The predicted octanol–water partition coefficient (Wildman–Crippen LogP) is 17.9. The first kappa shape index (κ1) is 33.5. The highest BCUT2D eigenvalue weighted by Crippen LogP contribution is 2.48. The maximum absolute atomic E-state index is 6.32. The molecule has 0 amide bonds. The molecule has 14 aromatic rings. The van der Waals surface area contributed by atoms with Crippen LogP contribution in [0.4, 0.5) is 0 Å². The van der Waals surface area contributed by atoms with Crippen molar-refractivity contribution in [2.75, 3.05) is 0 Å². The molecule has 3 aromatic heterocycles. The number of hydrogen-bond donors (Lipinski definition) is 0. The standard InChI is InChI=1S/C58H32OS2/c1-2-11-34-26-37(23-20-33(34)10-1)56-42-13-3-5-15-44(42)57(45-16-6-4-14-43(45)56)38-24-25-53-48(28-38)46-18-9-17-40(58(46)61-53)36-22-21-35-30-54-49(29-39(35)27-36)50-31-52-47(32-55(50)60-54)41-12-7-8-19-51(41)59-52/h1-32H. The van der Waals surface area contributed by atoms with Gasteiger partial charge in [-0.05, 0) is 131 Å². The zero-order valence-corrected chi connectivity index (χ0v) is 34.3. The van der Waals surface area contributed by atoms with E-state index >= 15 is 0 Å². The van der Waals surface area contributed by atoms with Crippen LogP contribution < -0.4 is 0 Å². The van der Waals surface area contributed by atoms with Gasteiger partial charge >= 0.3 is 0 Å². The fourth-order valence-electron chi connectivity index (χ4n) is 10.2. The predicted molar refractivity (Wildman–Crippen MR) is 266 cm³/mol. The van der Waals surface area contributed by atoms with Gasteiger partial charge in [-0.25, -0.2) is 0 Å². The SMILES string of the molecule is c1ccc2cc(-c3c4ccccc4c(-c4ccc5sc6c(-c7ccc8cc9sc%10cc%11c(cc%10c9cc8c7)oc7ccccc7%11)cccc6c5c4)c4ccccc34)ccc2c1. The fraction of sp³-hybridized carbons (Fsp3) is 0. The summed E-state index contributed by atoms with van der Waals surface area (Å²) in [5.41, 5.74) is 9.47. The topological polar surface area (TPSA) is 13.1 Å². The second kappa shape index (κ2) is 12.6. The van der Waals surface area contributed by atoms with E-state index in [1.165, 1.54) is 128 Å². The van der Waals surface area contributed by atoms with Gasteiger partial charge in [0.1, 0.15) is 11.2 Å². The van der Waals surface area contributed by atoms with E-state index in [9.17, 15) is 0 Å². The number of furan rings is 1. The van der Waals surface area contributed by atoms with Crippen molar-refractivity contribution in [2.45, 2.75) is 0 Å². The molecule has 14 rings (SSSR count). The summed E-state index contributed by atoms with van der Waals surface area (Å²) < 4.78 is 11.5. The van der Waals surface area contributed by atoms with Gasteiger partial charge < -0.3 is 4.42 Å². The summed E-state index contributed by atoms with van der Waals surface area (Å²) in [5.74, 6) is 0. The second-order valence-corrected chi connectivity index (χ2v) is 18.5. The summed E-state index contributed by atoms with van der Waals surface area (Å²) >= 11 is 3.77. The number of rotatable bonds is 3. The van der Waals surface area contributed by atoms with E-state index < -0.39 is 0 Å². The Kier molecular flexibility index (Phi) is 6.93. The number of hydrogen-bond acceptors (Lipinski definition) is 3. The molecule has 0 saturated heterocycles. The molecule has 0 atom stereocenters. The molecule has 0 aliphatic heterocycles. The highest BCUT2D eigenvalue weighted by Gasteiger charge is 2.19. The third kappa shape index (κ3) is 4.93. The van der Waals surface area contributed by atoms with Crippen LogP contribution in [0, 0.1) is 0 Å². The third-order valence-electron chi connectivity index (χ3n) is 13.0. The molecule has 282 valence electrons. The molecule has 0 spiro atoms. The third-order valence-corrected chi connectivity index (χ3v) is 15.3. The molecule has 0 N–H and O–H groups in total. The maximum Gasteiger partial charge on any atom is 0.136 e. The number of thiophene rings is 2. The van der Waals surface area contributed by atoms with E-state index in [1.54, 1.807) is 0 Å². The van der Waals surface area contributed by atoms with Crippen molar-refractivity contribution in [3.8, 4) is 33.4 Å². The van der Waals surface area contributed by atoms with Crippen LogP contribution in [-0.4, -0.2) is 0 Å². The lowest BCUT2D eigenvalue weighted by molar-refractivity contribution is 0.669. The first-order valence-corrected chi connectivity index (χ1v) is 22.4. The largest absolute Gasteiger partial charge is 0.456 e. The summed E-state index contributed by atoms with van der Waals surface area (Å²) in [6.07, 6.45) is 0. The summed E-state index contributed by atoms with van der Waals surface area (Å²) in [6, 6.07) is 72.1. The van der Waals surface area contributed by atoms with Crippen molar-refractivity contribution in [3.05, 3.63) is 194 Å². The van der Waals surface area contributed by atoms with Gasteiger partial charge in [0.15, 0.2) is 0 Å². The Bertz CT molecular complexity index is 4120. The van der Waals surface area contributed by atoms with Crippen molar-refractivity contribution in [2.24, 2.45) is 0 Å². The van der Waals surface area contributed by atoms with Gasteiger partial charge in [-0.1, -0.05) is 140 Å². The van der Waals surface area contributed by atoms with Gasteiger partial charge in [0.05, 0.1) is 0 Å². The van der Waals surface area contributed by atoms with Crippen molar-refractivity contribution in [1.82, 2.24) is 0 Å². The van der Waals surface area contributed by atoms with Gasteiger partial charge in [0.25, 0.3) is 0 Å². The molecular weight excluding hydrogens is 777 g/mol. The van der Waals surface area contributed by atoms with Crippen molar-refractivity contribution in [3.63, 3.8) is 0 Å². The molecule has 61 heavy (non-hydrogen) atoms. The van der Waals surface area contributed by atoms with Crippen molar-refractivity contribution < 1.29 is 4.42 Å². The van der Waals surface area contributed by atoms with Crippen LogP contribution in [-0.2, 0) is 0 Å². The summed E-state index contributed by atoms with van der Waals surface area (Å²) in [5, 5.41) is 17.6. The minimum Gasteiger partial charge on any atom is -0.456 e. The second-order valence-electron chi connectivity index (χ2n) is 16.4. The van der Waals surface area contributed by atoms with Crippen molar-refractivity contribution >= 4 is 128 Å². The van der Waals surface area contributed by atoms with Gasteiger partial charge in [0.2, 0.25) is 0 Å². The Hall–Kier alpha value is -7.30. The Morgan fingerprint density at radius 1 is 0.279 bits per heavy atom. The van der Waals surface area contributed by atoms with E-state index in [1.807, 2.05) is 28.7 Å². The van der Waals surface area contributed by atoms with Crippen LogP contribution in [0.25, 0.3) is 139 Å². The van der Waals surface area contributed by atoms with E-state index in [0.717, 1.165) is 11.2 Å².